The van der Waals surface area contributed by atoms with Crippen molar-refractivity contribution in [3.8, 4) is 11.5 Å². The fourth-order valence-electron chi connectivity index (χ4n) is 1.22. The summed E-state index contributed by atoms with van der Waals surface area (Å²) in [7, 11) is 2.11. The monoisotopic (exact) mass is 252 g/mol. The molecule has 0 heterocycles. The van der Waals surface area contributed by atoms with Crippen LogP contribution < -0.4 is 9.47 Å². The minimum Gasteiger partial charge on any atom is -0.496 e. The highest BCUT2D eigenvalue weighted by Crippen LogP contribution is 2.33. The van der Waals surface area contributed by atoms with Gasteiger partial charge in [-0.15, -0.1) is 0 Å². The number of carbonyl (C=O) groups is 1. The first-order valence-electron chi connectivity index (χ1n) is 4.35. The Kier molecular flexibility index (Phi) is 3.59. The first-order chi connectivity index (χ1) is 7.82. The molecule has 0 aliphatic heterocycles. The van der Waals surface area contributed by atoms with E-state index in [0.717, 1.165) is 26.4 Å². The Labute approximate surface area is 93.9 Å². The molecule has 0 radical (unpaired) electrons. The number of hydrogen-bond donors (Lipinski definition) is 0. The topological polar surface area (TPSA) is 35.5 Å². The standard InChI is InChI=1S/C10H8F4O3/c1-16-5-3-4-6(17-2)8(11)7(5)9(15)10(12,13)14/h3-4H,1-2H3. The van der Waals surface area contributed by atoms with Gasteiger partial charge in [-0.2, -0.15) is 13.2 Å². The van der Waals surface area contributed by atoms with E-state index in [1.165, 1.54) is 0 Å². The Bertz CT molecular complexity index is 440. The van der Waals surface area contributed by atoms with E-state index in [0.29, 0.717) is 0 Å². The second-order valence-corrected chi connectivity index (χ2v) is 2.99. The summed E-state index contributed by atoms with van der Waals surface area (Å²) in [4.78, 5) is 11.0. The number of benzene rings is 1. The predicted octanol–water partition coefficient (Wildman–Crippen LogP) is 2.59. The minimum absolute atomic E-state index is 0.460. The van der Waals surface area contributed by atoms with Crippen molar-refractivity contribution in [2.45, 2.75) is 6.18 Å². The summed E-state index contributed by atoms with van der Waals surface area (Å²) < 4.78 is 59.4. The second kappa shape index (κ2) is 4.60. The second-order valence-electron chi connectivity index (χ2n) is 2.99. The molecular weight excluding hydrogens is 244 g/mol. The number of methoxy groups -OCH3 is 2. The highest BCUT2D eigenvalue weighted by molar-refractivity contribution is 6.03. The molecule has 0 spiro atoms. The van der Waals surface area contributed by atoms with Gasteiger partial charge < -0.3 is 9.47 Å². The van der Waals surface area contributed by atoms with Crippen LogP contribution in [0.15, 0.2) is 12.1 Å². The first kappa shape index (κ1) is 13.3. The lowest BCUT2D eigenvalue weighted by atomic mass is 10.1. The molecule has 0 aliphatic rings. The minimum atomic E-state index is -5.18. The van der Waals surface area contributed by atoms with Crippen LogP contribution in [-0.4, -0.2) is 26.2 Å². The molecule has 0 atom stereocenters. The average Bonchev–Trinajstić information content (AvgIpc) is 2.26. The van der Waals surface area contributed by atoms with Gasteiger partial charge in [-0.3, -0.25) is 4.79 Å². The fraction of sp³-hybridized carbons (Fsp3) is 0.300. The lowest BCUT2D eigenvalue weighted by molar-refractivity contribution is -0.0889. The van der Waals surface area contributed by atoms with Crippen LogP contribution in [0.4, 0.5) is 17.6 Å². The zero-order valence-corrected chi connectivity index (χ0v) is 8.89. The number of ether oxygens (including phenoxy) is 2. The molecule has 0 N–H and O–H groups in total. The van der Waals surface area contributed by atoms with Gasteiger partial charge >= 0.3 is 6.18 Å². The highest BCUT2D eigenvalue weighted by atomic mass is 19.4. The molecule has 0 saturated heterocycles. The molecular formula is C10H8F4O3. The highest BCUT2D eigenvalue weighted by Gasteiger charge is 2.43. The predicted molar refractivity (Wildman–Crippen MR) is 49.9 cm³/mol. The van der Waals surface area contributed by atoms with E-state index in [4.69, 9.17) is 0 Å². The van der Waals surface area contributed by atoms with Crippen LogP contribution in [0.3, 0.4) is 0 Å². The molecule has 7 heteroatoms. The number of halogens is 4. The van der Waals surface area contributed by atoms with E-state index in [9.17, 15) is 22.4 Å². The maximum atomic E-state index is 13.6. The van der Waals surface area contributed by atoms with Crippen LogP contribution in [-0.2, 0) is 0 Å². The van der Waals surface area contributed by atoms with Gasteiger partial charge in [0.15, 0.2) is 11.6 Å². The van der Waals surface area contributed by atoms with Gasteiger partial charge in [0.25, 0.3) is 5.78 Å². The smallest absolute Gasteiger partial charge is 0.455 e. The van der Waals surface area contributed by atoms with Gasteiger partial charge in [0, 0.05) is 0 Å². The summed E-state index contributed by atoms with van der Waals surface area (Å²) in [5.41, 5.74) is -1.18. The van der Waals surface area contributed by atoms with E-state index in [1.807, 2.05) is 0 Å². The Balaban J connectivity index is 3.43. The third-order valence-electron chi connectivity index (χ3n) is 1.99. The molecule has 0 aliphatic carbocycles. The van der Waals surface area contributed by atoms with Gasteiger partial charge in [0.1, 0.15) is 11.3 Å². The molecule has 0 saturated carbocycles. The van der Waals surface area contributed by atoms with E-state index in [1.54, 1.807) is 0 Å². The van der Waals surface area contributed by atoms with Crippen LogP contribution in [0.5, 0.6) is 11.5 Å². The number of hydrogen-bond acceptors (Lipinski definition) is 3. The van der Waals surface area contributed by atoms with E-state index in [2.05, 4.69) is 9.47 Å². The van der Waals surface area contributed by atoms with Crippen LogP contribution in [0.2, 0.25) is 0 Å². The van der Waals surface area contributed by atoms with Gasteiger partial charge in [-0.25, -0.2) is 4.39 Å². The van der Waals surface area contributed by atoms with Crippen molar-refractivity contribution in [3.63, 3.8) is 0 Å². The summed E-state index contributed by atoms with van der Waals surface area (Å²) in [5, 5.41) is 0. The molecule has 94 valence electrons. The van der Waals surface area contributed by atoms with Gasteiger partial charge in [-0.1, -0.05) is 0 Å². The van der Waals surface area contributed by atoms with Crippen molar-refractivity contribution in [1.29, 1.82) is 0 Å². The molecule has 0 bridgehead atoms. The van der Waals surface area contributed by atoms with Gasteiger partial charge in [0.05, 0.1) is 14.2 Å². The molecule has 17 heavy (non-hydrogen) atoms. The van der Waals surface area contributed by atoms with E-state index >= 15 is 0 Å². The SMILES string of the molecule is COc1ccc(OC)c(C(=O)C(F)(F)F)c1F. The van der Waals surface area contributed by atoms with Crippen molar-refractivity contribution in [3.05, 3.63) is 23.5 Å². The van der Waals surface area contributed by atoms with Crippen LogP contribution in [0, 0.1) is 5.82 Å². The van der Waals surface area contributed by atoms with Gasteiger partial charge in [-0.05, 0) is 12.1 Å². The number of Topliss-reactive ketones (excluding diaryl/α,β-unsaturated/α-hetero) is 1. The van der Waals surface area contributed by atoms with Gasteiger partial charge in [0.2, 0.25) is 0 Å². The maximum Gasteiger partial charge on any atom is 0.455 e. The first-order valence-corrected chi connectivity index (χ1v) is 4.35. The van der Waals surface area contributed by atoms with Crippen LogP contribution in [0.25, 0.3) is 0 Å². The van der Waals surface area contributed by atoms with Crippen molar-refractivity contribution in [2.75, 3.05) is 14.2 Å². The van der Waals surface area contributed by atoms with E-state index in [-0.39, 0.29) is 0 Å². The van der Waals surface area contributed by atoms with Crippen molar-refractivity contribution in [2.24, 2.45) is 0 Å². The summed E-state index contributed by atoms with van der Waals surface area (Å²) in [6, 6.07) is 2.10. The largest absolute Gasteiger partial charge is 0.496 e. The molecule has 0 fully saturated rings. The number of carbonyl (C=O) groups excluding carboxylic acids is 1. The number of alkyl halides is 3. The number of rotatable bonds is 3. The summed E-state index contributed by atoms with van der Waals surface area (Å²) in [5.74, 6) is -4.66. The molecule has 0 unspecified atom stereocenters. The number of ketones is 1. The van der Waals surface area contributed by atoms with Crippen molar-refractivity contribution < 1.29 is 31.8 Å². The van der Waals surface area contributed by atoms with E-state index < -0.39 is 34.8 Å². The molecule has 0 amide bonds. The molecule has 1 aromatic rings. The Morgan fingerprint density at radius 2 is 1.59 bits per heavy atom. The summed E-state index contributed by atoms with van der Waals surface area (Å²) in [6.07, 6.45) is -5.18. The Hall–Kier alpha value is -1.79. The quantitative estimate of drug-likeness (QED) is 0.612. The molecule has 1 aromatic carbocycles. The third-order valence-corrected chi connectivity index (χ3v) is 1.99. The Morgan fingerprint density at radius 3 is 2.00 bits per heavy atom. The normalized spacial score (nSPS) is 11.2. The lowest BCUT2D eigenvalue weighted by Crippen LogP contribution is -2.24. The average molecular weight is 252 g/mol. The molecule has 1 rings (SSSR count). The fourth-order valence-corrected chi connectivity index (χ4v) is 1.22. The van der Waals surface area contributed by atoms with Crippen molar-refractivity contribution >= 4 is 5.78 Å². The third kappa shape index (κ3) is 2.48. The molecule has 0 aromatic heterocycles. The van der Waals surface area contributed by atoms with Crippen molar-refractivity contribution in [1.82, 2.24) is 0 Å². The summed E-state index contributed by atoms with van der Waals surface area (Å²) in [6.45, 7) is 0. The zero-order valence-electron chi connectivity index (χ0n) is 8.89. The Morgan fingerprint density at radius 1 is 1.12 bits per heavy atom. The summed E-state index contributed by atoms with van der Waals surface area (Å²) >= 11 is 0. The van der Waals surface area contributed by atoms with Crippen LogP contribution in [0.1, 0.15) is 10.4 Å². The maximum absolute atomic E-state index is 13.6. The van der Waals surface area contributed by atoms with Crippen LogP contribution >= 0.6 is 0 Å². The lowest BCUT2D eigenvalue weighted by Gasteiger charge is -2.12. The molecule has 3 nitrogen and oxygen atoms in total. The zero-order chi connectivity index (χ0) is 13.2.